The van der Waals surface area contributed by atoms with E-state index in [2.05, 4.69) is 19.8 Å². The van der Waals surface area contributed by atoms with Crippen molar-refractivity contribution >= 4 is 26.8 Å². The second-order valence-corrected chi connectivity index (χ2v) is 7.34. The Morgan fingerprint density at radius 2 is 1.86 bits per heavy atom. The van der Waals surface area contributed by atoms with Gasteiger partial charge in [0.1, 0.15) is 5.75 Å². The second-order valence-electron chi connectivity index (χ2n) is 6.33. The molecule has 0 aromatic carbocycles. The lowest BCUT2D eigenvalue weighted by molar-refractivity contribution is 0.141. The molecule has 5 nitrogen and oxygen atoms in total. The molecule has 6 heteroatoms. The number of fused-ring (bicyclic) bond motifs is 1. The Labute approximate surface area is 134 Å². The molecule has 2 fully saturated rings. The van der Waals surface area contributed by atoms with Crippen LogP contribution in [0.3, 0.4) is 0 Å². The highest BCUT2D eigenvalue weighted by atomic mass is 32.1. The van der Waals surface area contributed by atoms with Gasteiger partial charge in [0.25, 0.3) is 0 Å². The molecular formula is C16H22N4OS. The van der Waals surface area contributed by atoms with Gasteiger partial charge in [-0.25, -0.2) is 4.98 Å². The summed E-state index contributed by atoms with van der Waals surface area (Å²) < 4.78 is 0.966. The number of aromatic nitrogens is 2. The molecule has 0 spiro atoms. The van der Waals surface area contributed by atoms with Crippen LogP contribution in [0.4, 0.5) is 5.13 Å². The van der Waals surface area contributed by atoms with Gasteiger partial charge in [0, 0.05) is 25.2 Å². The van der Waals surface area contributed by atoms with E-state index < -0.39 is 0 Å². The molecule has 2 aliphatic rings. The summed E-state index contributed by atoms with van der Waals surface area (Å²) in [5, 5.41) is 10.6. The molecular weight excluding hydrogens is 296 g/mol. The Bertz CT molecular complexity index is 645. The summed E-state index contributed by atoms with van der Waals surface area (Å²) in [6.07, 6.45) is 8.07. The highest BCUT2D eigenvalue weighted by Crippen LogP contribution is 2.32. The summed E-state index contributed by atoms with van der Waals surface area (Å²) in [5.74, 6) is 0.214. The maximum absolute atomic E-state index is 9.53. The van der Waals surface area contributed by atoms with E-state index in [9.17, 15) is 5.11 Å². The maximum Gasteiger partial charge on any atom is 0.188 e. The number of piperidine rings is 2. The minimum Gasteiger partial charge on any atom is -0.506 e. The fraction of sp³-hybridized carbons (Fsp3) is 0.625. The van der Waals surface area contributed by atoms with Crippen molar-refractivity contribution in [3.05, 3.63) is 12.3 Å². The van der Waals surface area contributed by atoms with Crippen molar-refractivity contribution in [3.63, 3.8) is 0 Å². The largest absolute Gasteiger partial charge is 0.506 e. The zero-order valence-electron chi connectivity index (χ0n) is 12.7. The summed E-state index contributed by atoms with van der Waals surface area (Å²) in [4.78, 5) is 13.9. The monoisotopic (exact) mass is 318 g/mol. The summed E-state index contributed by atoms with van der Waals surface area (Å²) >= 11 is 1.63. The molecule has 4 heterocycles. The molecule has 0 radical (unpaired) electrons. The van der Waals surface area contributed by atoms with Gasteiger partial charge in [-0.1, -0.05) is 17.8 Å². The molecule has 0 amide bonds. The molecule has 0 aliphatic carbocycles. The zero-order chi connectivity index (χ0) is 14.9. The molecule has 1 N–H and O–H groups in total. The van der Waals surface area contributed by atoms with Crippen molar-refractivity contribution in [2.24, 2.45) is 0 Å². The predicted octanol–water partition coefficient (Wildman–Crippen LogP) is 2.85. The molecule has 2 aromatic rings. The molecule has 2 saturated heterocycles. The predicted molar refractivity (Wildman–Crippen MR) is 89.7 cm³/mol. The van der Waals surface area contributed by atoms with Gasteiger partial charge in [0.05, 0.1) is 10.9 Å². The summed E-state index contributed by atoms with van der Waals surface area (Å²) in [7, 11) is 0. The third-order valence-corrected chi connectivity index (χ3v) is 5.92. The molecule has 118 valence electrons. The minimum absolute atomic E-state index is 0.214. The van der Waals surface area contributed by atoms with E-state index >= 15 is 0 Å². The molecule has 2 aliphatic heterocycles. The fourth-order valence-corrected chi connectivity index (χ4v) is 4.65. The number of thiazole rings is 1. The van der Waals surface area contributed by atoms with Crippen LogP contribution in [0.1, 0.15) is 32.1 Å². The Kier molecular flexibility index (Phi) is 3.88. The summed E-state index contributed by atoms with van der Waals surface area (Å²) in [5.41, 5.74) is 0.746. The second kappa shape index (κ2) is 6.01. The lowest BCUT2D eigenvalue weighted by Crippen LogP contribution is -2.46. The average molecular weight is 318 g/mol. The van der Waals surface area contributed by atoms with Gasteiger partial charge in [0.15, 0.2) is 10.8 Å². The van der Waals surface area contributed by atoms with Crippen LogP contribution in [0.25, 0.3) is 10.3 Å². The average Bonchev–Trinajstić information content (AvgIpc) is 2.99. The van der Waals surface area contributed by atoms with E-state index in [-0.39, 0.29) is 5.75 Å². The van der Waals surface area contributed by atoms with Crippen LogP contribution in [0.5, 0.6) is 5.75 Å². The highest BCUT2D eigenvalue weighted by Gasteiger charge is 2.26. The van der Waals surface area contributed by atoms with Gasteiger partial charge in [-0.05, 0) is 38.8 Å². The van der Waals surface area contributed by atoms with Crippen molar-refractivity contribution < 1.29 is 5.11 Å². The minimum atomic E-state index is 0.214. The van der Waals surface area contributed by atoms with Crippen molar-refractivity contribution in [1.29, 1.82) is 0 Å². The van der Waals surface area contributed by atoms with Gasteiger partial charge >= 0.3 is 0 Å². The molecule has 22 heavy (non-hydrogen) atoms. The van der Waals surface area contributed by atoms with E-state index in [1.165, 1.54) is 51.4 Å². The van der Waals surface area contributed by atoms with E-state index in [1.54, 1.807) is 17.4 Å². The molecule has 0 atom stereocenters. The summed E-state index contributed by atoms with van der Waals surface area (Å²) in [6, 6.07) is 2.51. The van der Waals surface area contributed by atoms with Crippen LogP contribution in [0.15, 0.2) is 12.3 Å². The van der Waals surface area contributed by atoms with Gasteiger partial charge in [-0.15, -0.1) is 0 Å². The Morgan fingerprint density at radius 1 is 1.09 bits per heavy atom. The van der Waals surface area contributed by atoms with Gasteiger partial charge < -0.3 is 14.9 Å². The third-order valence-electron chi connectivity index (χ3n) is 4.86. The lowest BCUT2D eigenvalue weighted by atomic mass is 10.0. The summed E-state index contributed by atoms with van der Waals surface area (Å²) in [6.45, 7) is 4.73. The van der Waals surface area contributed by atoms with Crippen molar-refractivity contribution in [3.8, 4) is 5.75 Å². The standard InChI is InChI=1S/C16H22N4OS/c21-13-10-14-15(17-11-13)18-16(22-14)20-8-4-12(5-9-20)19-6-2-1-3-7-19/h10-12,21H,1-9H2. The number of pyridine rings is 1. The van der Waals surface area contributed by atoms with Gasteiger partial charge in [-0.3, -0.25) is 0 Å². The van der Waals surface area contributed by atoms with E-state index in [0.29, 0.717) is 0 Å². The normalized spacial score (nSPS) is 21.5. The van der Waals surface area contributed by atoms with Crippen LogP contribution >= 0.6 is 11.3 Å². The van der Waals surface area contributed by atoms with Crippen LogP contribution in [0, 0.1) is 0 Å². The van der Waals surface area contributed by atoms with Crippen LogP contribution in [-0.4, -0.2) is 52.2 Å². The number of hydrogen-bond acceptors (Lipinski definition) is 6. The molecule has 4 rings (SSSR count). The lowest BCUT2D eigenvalue weighted by Gasteiger charge is -2.40. The van der Waals surface area contributed by atoms with Gasteiger partial charge in [-0.2, -0.15) is 4.98 Å². The Hall–Kier alpha value is -1.40. The quantitative estimate of drug-likeness (QED) is 0.923. The Balaban J connectivity index is 1.43. The van der Waals surface area contributed by atoms with Crippen molar-refractivity contribution in [1.82, 2.24) is 14.9 Å². The Morgan fingerprint density at radius 3 is 2.64 bits per heavy atom. The molecule has 0 bridgehead atoms. The number of rotatable bonds is 2. The van der Waals surface area contributed by atoms with Crippen LogP contribution in [0.2, 0.25) is 0 Å². The van der Waals surface area contributed by atoms with Crippen LogP contribution in [-0.2, 0) is 0 Å². The molecule has 2 aromatic heterocycles. The first-order valence-corrected chi connectivity index (χ1v) is 9.06. The number of anilines is 1. The topological polar surface area (TPSA) is 52.5 Å². The van der Waals surface area contributed by atoms with Crippen molar-refractivity contribution in [2.75, 3.05) is 31.1 Å². The SMILES string of the molecule is Oc1cnc2nc(N3CCC(N4CCCCC4)CC3)sc2c1. The highest BCUT2D eigenvalue weighted by molar-refractivity contribution is 7.22. The number of aromatic hydroxyl groups is 1. The van der Waals surface area contributed by atoms with Gasteiger partial charge in [0.2, 0.25) is 0 Å². The maximum atomic E-state index is 9.53. The number of hydrogen-bond donors (Lipinski definition) is 1. The molecule has 0 unspecified atom stereocenters. The van der Waals surface area contributed by atoms with E-state index in [1.807, 2.05) is 0 Å². The smallest absolute Gasteiger partial charge is 0.188 e. The van der Waals surface area contributed by atoms with Crippen molar-refractivity contribution in [2.45, 2.75) is 38.1 Å². The van der Waals surface area contributed by atoms with E-state index in [4.69, 9.17) is 0 Å². The zero-order valence-corrected chi connectivity index (χ0v) is 13.6. The van der Waals surface area contributed by atoms with E-state index in [0.717, 1.165) is 34.6 Å². The first kappa shape index (κ1) is 14.2. The fourth-order valence-electron chi connectivity index (χ4n) is 3.64. The third kappa shape index (κ3) is 2.77. The first-order valence-electron chi connectivity index (χ1n) is 8.24. The van der Waals surface area contributed by atoms with Crippen LogP contribution < -0.4 is 4.90 Å². The number of nitrogens with zero attached hydrogens (tertiary/aromatic N) is 4. The number of likely N-dealkylation sites (tertiary alicyclic amines) is 1. The first-order chi connectivity index (χ1) is 10.8. The molecule has 0 saturated carbocycles.